The zero-order valence-electron chi connectivity index (χ0n) is 13.5. The number of fused-ring (bicyclic) bond motifs is 1. The Kier molecular flexibility index (Phi) is 3.68. The van der Waals surface area contributed by atoms with E-state index in [1.807, 2.05) is 20.8 Å². The fraction of sp³-hybridized carbons (Fsp3) is 0.667. The molecule has 3 rings (SSSR count). The molecule has 0 aromatic carbocycles. The van der Waals surface area contributed by atoms with Gasteiger partial charge in [-0.3, -0.25) is 9.78 Å². The van der Waals surface area contributed by atoms with Gasteiger partial charge in [-0.25, -0.2) is 4.68 Å². The topological polar surface area (TPSA) is 84.8 Å². The first-order valence-electron chi connectivity index (χ1n) is 7.66. The second kappa shape index (κ2) is 5.39. The summed E-state index contributed by atoms with van der Waals surface area (Å²) < 4.78 is 7.17. The summed E-state index contributed by atoms with van der Waals surface area (Å²) in [5, 5.41) is 8.15. The van der Waals surface area contributed by atoms with Crippen LogP contribution in [0.2, 0.25) is 0 Å². The third-order valence-corrected chi connectivity index (χ3v) is 4.13. The second-order valence-corrected chi connectivity index (χ2v) is 6.89. The highest BCUT2D eigenvalue weighted by molar-refractivity contribution is 5.74. The molecule has 1 aliphatic rings. The van der Waals surface area contributed by atoms with Gasteiger partial charge in [-0.2, -0.15) is 10.1 Å². The Balaban J connectivity index is 1.93. The standard InChI is InChI=1S/C15H23N5O2/c1-15(2,3)20-12-11(8-16-20)13(21)19-14(18-12)17-9-5-6-10(7-9)22-4/h8-10H,5-7H2,1-4H3,(H2,17,18,19,21). The van der Waals surface area contributed by atoms with Crippen molar-refractivity contribution in [2.24, 2.45) is 0 Å². The Morgan fingerprint density at radius 1 is 1.41 bits per heavy atom. The first-order chi connectivity index (χ1) is 10.4. The van der Waals surface area contributed by atoms with Crippen LogP contribution in [0.5, 0.6) is 0 Å². The van der Waals surface area contributed by atoms with Crippen LogP contribution in [0.1, 0.15) is 40.0 Å². The number of nitrogens with one attached hydrogen (secondary N) is 2. The summed E-state index contributed by atoms with van der Waals surface area (Å²) in [5.41, 5.74) is 0.221. The van der Waals surface area contributed by atoms with Crippen LogP contribution < -0.4 is 10.9 Å². The average molecular weight is 305 g/mol. The van der Waals surface area contributed by atoms with E-state index in [2.05, 4.69) is 20.4 Å². The number of nitrogens with zero attached hydrogens (tertiary/aromatic N) is 3. The van der Waals surface area contributed by atoms with E-state index >= 15 is 0 Å². The van der Waals surface area contributed by atoms with Crippen LogP contribution in [0.15, 0.2) is 11.0 Å². The van der Waals surface area contributed by atoms with Gasteiger partial charge in [-0.1, -0.05) is 0 Å². The van der Waals surface area contributed by atoms with E-state index in [9.17, 15) is 4.79 Å². The van der Waals surface area contributed by atoms with Gasteiger partial charge >= 0.3 is 0 Å². The number of hydrogen-bond donors (Lipinski definition) is 2. The van der Waals surface area contributed by atoms with Crippen molar-refractivity contribution in [2.45, 2.75) is 57.7 Å². The molecule has 0 bridgehead atoms. The number of H-pyrrole nitrogens is 1. The van der Waals surface area contributed by atoms with Gasteiger partial charge in [0.25, 0.3) is 5.56 Å². The van der Waals surface area contributed by atoms with Crippen LogP contribution in [-0.2, 0) is 10.3 Å². The lowest BCUT2D eigenvalue weighted by atomic mass is 10.1. The maximum Gasteiger partial charge on any atom is 0.263 e. The van der Waals surface area contributed by atoms with Crippen molar-refractivity contribution in [3.63, 3.8) is 0 Å². The first kappa shape index (κ1) is 15.0. The summed E-state index contributed by atoms with van der Waals surface area (Å²) in [6, 6.07) is 0.275. The zero-order chi connectivity index (χ0) is 15.9. The van der Waals surface area contributed by atoms with Gasteiger partial charge in [0, 0.05) is 13.2 Å². The maximum atomic E-state index is 12.2. The minimum atomic E-state index is -0.228. The molecule has 2 heterocycles. The monoisotopic (exact) mass is 305 g/mol. The largest absolute Gasteiger partial charge is 0.381 e. The van der Waals surface area contributed by atoms with Gasteiger partial charge in [0.15, 0.2) is 5.65 Å². The molecule has 1 aliphatic carbocycles. The van der Waals surface area contributed by atoms with E-state index < -0.39 is 0 Å². The third-order valence-electron chi connectivity index (χ3n) is 4.13. The highest BCUT2D eigenvalue weighted by atomic mass is 16.5. The number of rotatable bonds is 3. The fourth-order valence-electron chi connectivity index (χ4n) is 2.96. The van der Waals surface area contributed by atoms with E-state index in [1.165, 1.54) is 0 Å². The van der Waals surface area contributed by atoms with Crippen LogP contribution >= 0.6 is 0 Å². The van der Waals surface area contributed by atoms with E-state index in [0.717, 1.165) is 19.3 Å². The van der Waals surface area contributed by atoms with Crippen LogP contribution in [0.4, 0.5) is 5.95 Å². The van der Waals surface area contributed by atoms with Gasteiger partial charge < -0.3 is 10.1 Å². The lowest BCUT2D eigenvalue weighted by Crippen LogP contribution is -2.25. The van der Waals surface area contributed by atoms with Gasteiger partial charge in [-0.05, 0) is 40.0 Å². The Labute approximate surface area is 129 Å². The smallest absolute Gasteiger partial charge is 0.263 e. The number of anilines is 1. The van der Waals surface area contributed by atoms with E-state index in [-0.39, 0.29) is 23.2 Å². The van der Waals surface area contributed by atoms with E-state index in [1.54, 1.807) is 18.0 Å². The molecule has 2 unspecified atom stereocenters. The van der Waals surface area contributed by atoms with Crippen LogP contribution in [-0.4, -0.2) is 39.0 Å². The Bertz CT molecular complexity index is 728. The normalized spacial score (nSPS) is 22.4. The molecule has 7 nitrogen and oxygen atoms in total. The second-order valence-electron chi connectivity index (χ2n) is 6.89. The Hall–Kier alpha value is -1.89. The maximum absolute atomic E-state index is 12.2. The molecule has 2 atom stereocenters. The molecule has 7 heteroatoms. The molecule has 0 aliphatic heterocycles. The minimum absolute atomic E-state index is 0.163. The number of ether oxygens (including phenoxy) is 1. The molecule has 1 saturated carbocycles. The van der Waals surface area contributed by atoms with Crippen molar-refractivity contribution in [3.8, 4) is 0 Å². The Morgan fingerprint density at radius 3 is 2.82 bits per heavy atom. The molecule has 22 heavy (non-hydrogen) atoms. The van der Waals surface area contributed by atoms with Crippen molar-refractivity contribution in [1.29, 1.82) is 0 Å². The van der Waals surface area contributed by atoms with Crippen molar-refractivity contribution in [1.82, 2.24) is 19.7 Å². The number of aromatic nitrogens is 4. The number of hydrogen-bond acceptors (Lipinski definition) is 5. The molecule has 0 spiro atoms. The van der Waals surface area contributed by atoms with Crippen LogP contribution in [0, 0.1) is 0 Å². The molecule has 0 radical (unpaired) electrons. The molecular weight excluding hydrogens is 282 g/mol. The van der Waals surface area contributed by atoms with Crippen molar-refractivity contribution in [2.75, 3.05) is 12.4 Å². The van der Waals surface area contributed by atoms with E-state index in [4.69, 9.17) is 4.74 Å². The molecule has 0 saturated heterocycles. The molecule has 1 fully saturated rings. The fourth-order valence-corrected chi connectivity index (χ4v) is 2.96. The highest BCUT2D eigenvalue weighted by Crippen LogP contribution is 2.24. The van der Waals surface area contributed by atoms with Gasteiger partial charge in [0.1, 0.15) is 5.39 Å². The first-order valence-corrected chi connectivity index (χ1v) is 7.66. The Morgan fingerprint density at radius 2 is 2.18 bits per heavy atom. The molecule has 2 aromatic heterocycles. The summed E-state index contributed by atoms with van der Waals surface area (Å²) in [6.45, 7) is 6.11. The molecule has 2 N–H and O–H groups in total. The quantitative estimate of drug-likeness (QED) is 0.904. The van der Waals surface area contributed by atoms with E-state index in [0.29, 0.717) is 17.0 Å². The van der Waals surface area contributed by atoms with Crippen molar-refractivity contribution < 1.29 is 4.74 Å². The third kappa shape index (κ3) is 2.72. The zero-order valence-corrected chi connectivity index (χ0v) is 13.5. The van der Waals surface area contributed by atoms with Crippen LogP contribution in [0.25, 0.3) is 11.0 Å². The van der Waals surface area contributed by atoms with Crippen LogP contribution in [0.3, 0.4) is 0 Å². The summed E-state index contributed by atoms with van der Waals surface area (Å²) >= 11 is 0. The lowest BCUT2D eigenvalue weighted by Gasteiger charge is -2.20. The van der Waals surface area contributed by atoms with Crippen molar-refractivity contribution >= 4 is 17.0 Å². The number of aromatic amines is 1. The summed E-state index contributed by atoms with van der Waals surface area (Å²) in [5.74, 6) is 0.505. The summed E-state index contributed by atoms with van der Waals surface area (Å²) in [7, 11) is 1.74. The predicted octanol–water partition coefficient (Wildman–Crippen LogP) is 1.85. The van der Waals surface area contributed by atoms with Gasteiger partial charge in [0.05, 0.1) is 17.8 Å². The minimum Gasteiger partial charge on any atom is -0.381 e. The molecular formula is C15H23N5O2. The average Bonchev–Trinajstić information content (AvgIpc) is 3.04. The highest BCUT2D eigenvalue weighted by Gasteiger charge is 2.25. The molecule has 2 aromatic rings. The predicted molar refractivity (Wildman–Crippen MR) is 85.2 cm³/mol. The summed E-state index contributed by atoms with van der Waals surface area (Å²) in [6.07, 6.45) is 4.83. The molecule has 0 amide bonds. The number of methoxy groups -OCH3 is 1. The SMILES string of the molecule is COC1CCC(Nc2nc3c(cnn3C(C)(C)C)c(=O)[nH]2)C1. The lowest BCUT2D eigenvalue weighted by molar-refractivity contribution is 0.108. The van der Waals surface area contributed by atoms with Gasteiger partial charge in [0.2, 0.25) is 5.95 Å². The van der Waals surface area contributed by atoms with Gasteiger partial charge in [-0.15, -0.1) is 0 Å². The van der Waals surface area contributed by atoms with Crippen molar-refractivity contribution in [3.05, 3.63) is 16.6 Å². The summed E-state index contributed by atoms with van der Waals surface area (Å²) in [4.78, 5) is 19.6. The molecule has 120 valence electrons.